The molecule has 0 saturated carbocycles. The number of nitrogens with one attached hydrogen (secondary N) is 1. The summed E-state index contributed by atoms with van der Waals surface area (Å²) in [6.07, 6.45) is 0. The second-order valence-electron chi connectivity index (χ2n) is 5.72. The summed E-state index contributed by atoms with van der Waals surface area (Å²) in [6.45, 7) is 2.17. The minimum absolute atomic E-state index is 0.178. The highest BCUT2D eigenvalue weighted by atomic mass is 32.1. The molecule has 4 nitrogen and oxygen atoms in total. The molecule has 1 amide bonds. The molecule has 0 spiro atoms. The zero-order chi connectivity index (χ0) is 18.5. The summed E-state index contributed by atoms with van der Waals surface area (Å²) < 4.78 is 24.7. The Morgan fingerprint density at radius 2 is 1.96 bits per heavy atom. The lowest BCUT2D eigenvalue weighted by Crippen LogP contribution is -2.11. The molecule has 3 rings (SSSR count). The maximum atomic E-state index is 13.8. The van der Waals surface area contributed by atoms with E-state index in [9.17, 15) is 9.18 Å². The highest BCUT2D eigenvalue weighted by Gasteiger charge is 2.12. The van der Waals surface area contributed by atoms with Crippen LogP contribution >= 0.6 is 11.3 Å². The first-order chi connectivity index (χ1) is 12.5. The first-order valence-corrected chi connectivity index (χ1v) is 8.85. The van der Waals surface area contributed by atoms with Crippen molar-refractivity contribution in [2.24, 2.45) is 0 Å². The average Bonchev–Trinajstić information content (AvgIpc) is 3.12. The van der Waals surface area contributed by atoms with Crippen LogP contribution in [-0.2, 0) is 6.61 Å². The van der Waals surface area contributed by atoms with E-state index >= 15 is 0 Å². The van der Waals surface area contributed by atoms with Gasteiger partial charge in [0.1, 0.15) is 23.9 Å². The molecule has 134 valence electrons. The van der Waals surface area contributed by atoms with Gasteiger partial charge in [-0.1, -0.05) is 12.1 Å². The summed E-state index contributed by atoms with van der Waals surface area (Å²) in [5.41, 5.74) is 1.92. The number of carbonyl (C=O) groups is 1. The molecular weight excluding hydrogens is 353 g/mol. The van der Waals surface area contributed by atoms with Gasteiger partial charge in [-0.15, -0.1) is 11.3 Å². The van der Waals surface area contributed by atoms with Gasteiger partial charge in [-0.25, -0.2) is 4.39 Å². The molecule has 0 unspecified atom stereocenters. The number of hydrogen-bond donors (Lipinski definition) is 1. The summed E-state index contributed by atoms with van der Waals surface area (Å²) in [6, 6.07) is 13.7. The van der Waals surface area contributed by atoms with Crippen LogP contribution in [0.25, 0.3) is 0 Å². The van der Waals surface area contributed by atoms with Crippen LogP contribution in [0, 0.1) is 12.7 Å². The summed E-state index contributed by atoms with van der Waals surface area (Å²) in [5, 5.41) is 4.46. The number of amides is 1. The first-order valence-electron chi connectivity index (χ1n) is 7.97. The molecule has 1 N–H and O–H groups in total. The summed E-state index contributed by atoms with van der Waals surface area (Å²) in [5.74, 6) is 0.602. The van der Waals surface area contributed by atoms with Gasteiger partial charge in [0.2, 0.25) is 0 Å². The highest BCUT2D eigenvalue weighted by Crippen LogP contribution is 2.23. The second-order valence-corrected chi connectivity index (χ2v) is 6.64. The minimum atomic E-state index is -0.456. The lowest BCUT2D eigenvalue weighted by atomic mass is 10.2. The average molecular weight is 371 g/mol. The number of benzene rings is 2. The molecule has 0 aliphatic rings. The zero-order valence-electron chi connectivity index (χ0n) is 14.4. The highest BCUT2D eigenvalue weighted by molar-refractivity contribution is 7.12. The van der Waals surface area contributed by atoms with Crippen LogP contribution in [0.4, 0.5) is 10.1 Å². The Balaban J connectivity index is 1.63. The number of thiophene rings is 1. The van der Waals surface area contributed by atoms with Crippen LogP contribution in [0.15, 0.2) is 53.9 Å². The third-order valence-corrected chi connectivity index (χ3v) is 4.67. The molecule has 26 heavy (non-hydrogen) atoms. The fraction of sp³-hybridized carbons (Fsp3) is 0.150. The molecule has 0 atom stereocenters. The van der Waals surface area contributed by atoms with Gasteiger partial charge in [-0.2, -0.15) is 0 Å². The third kappa shape index (κ3) is 4.40. The maximum absolute atomic E-state index is 13.8. The van der Waals surface area contributed by atoms with Crippen molar-refractivity contribution in [2.45, 2.75) is 13.5 Å². The molecule has 0 radical (unpaired) electrons. The van der Waals surface area contributed by atoms with Crippen molar-refractivity contribution < 1.29 is 18.7 Å². The van der Waals surface area contributed by atoms with E-state index in [-0.39, 0.29) is 11.6 Å². The molecule has 0 aliphatic heterocycles. The largest absolute Gasteiger partial charge is 0.497 e. The Morgan fingerprint density at radius 3 is 2.77 bits per heavy atom. The van der Waals surface area contributed by atoms with Crippen LogP contribution in [0.1, 0.15) is 20.8 Å². The Kier molecular flexibility index (Phi) is 5.53. The van der Waals surface area contributed by atoms with Crippen molar-refractivity contribution in [3.05, 3.63) is 75.7 Å². The number of carbonyl (C=O) groups excluding carboxylic acids is 1. The van der Waals surface area contributed by atoms with Crippen molar-refractivity contribution in [1.82, 2.24) is 0 Å². The monoisotopic (exact) mass is 371 g/mol. The third-order valence-electron chi connectivity index (χ3n) is 3.69. The second kappa shape index (κ2) is 8.01. The van der Waals surface area contributed by atoms with Gasteiger partial charge in [0.15, 0.2) is 0 Å². The number of hydrogen-bond acceptors (Lipinski definition) is 4. The molecule has 0 bridgehead atoms. The summed E-state index contributed by atoms with van der Waals surface area (Å²) >= 11 is 1.29. The van der Waals surface area contributed by atoms with Gasteiger partial charge in [0, 0.05) is 11.6 Å². The van der Waals surface area contributed by atoms with Gasteiger partial charge in [0.05, 0.1) is 17.7 Å². The van der Waals surface area contributed by atoms with Gasteiger partial charge in [0.25, 0.3) is 5.91 Å². The van der Waals surface area contributed by atoms with E-state index in [0.29, 0.717) is 23.0 Å². The standard InChI is InChI=1S/C20H18FNO3S/c1-13-6-7-17(21)18(8-13)22-20(23)19-9-14(12-26-19)11-25-16-5-3-4-15(10-16)24-2/h3-10,12H,11H2,1-2H3,(H,22,23). The number of halogens is 1. The van der Waals surface area contributed by atoms with Crippen LogP contribution < -0.4 is 14.8 Å². The number of rotatable bonds is 6. The van der Waals surface area contributed by atoms with Gasteiger partial charge < -0.3 is 14.8 Å². The Morgan fingerprint density at radius 1 is 1.15 bits per heavy atom. The van der Waals surface area contributed by atoms with Gasteiger partial charge >= 0.3 is 0 Å². The molecular formula is C20H18FNO3S. The number of anilines is 1. The van der Waals surface area contributed by atoms with E-state index in [0.717, 1.165) is 11.1 Å². The predicted octanol–water partition coefficient (Wildman–Crippen LogP) is 5.04. The molecule has 6 heteroatoms. The van der Waals surface area contributed by atoms with E-state index in [4.69, 9.17) is 9.47 Å². The van der Waals surface area contributed by atoms with Crippen LogP contribution in [0.5, 0.6) is 11.5 Å². The van der Waals surface area contributed by atoms with Crippen LogP contribution in [-0.4, -0.2) is 13.0 Å². The number of ether oxygens (including phenoxy) is 2. The smallest absolute Gasteiger partial charge is 0.265 e. The van der Waals surface area contributed by atoms with Crippen molar-refractivity contribution in [1.29, 1.82) is 0 Å². The van der Waals surface area contributed by atoms with E-state index in [1.165, 1.54) is 17.4 Å². The quantitative estimate of drug-likeness (QED) is 0.661. The number of methoxy groups -OCH3 is 1. The maximum Gasteiger partial charge on any atom is 0.265 e. The Hall–Kier alpha value is -2.86. The Labute approximate surface area is 155 Å². The summed E-state index contributed by atoms with van der Waals surface area (Å²) in [4.78, 5) is 12.8. The molecule has 1 aromatic heterocycles. The Bertz CT molecular complexity index is 923. The van der Waals surface area contributed by atoms with E-state index < -0.39 is 5.82 Å². The SMILES string of the molecule is COc1cccc(OCc2csc(C(=O)Nc3cc(C)ccc3F)c2)c1. The molecule has 2 aromatic carbocycles. The lowest BCUT2D eigenvalue weighted by molar-refractivity contribution is 0.103. The molecule has 3 aromatic rings. The van der Waals surface area contributed by atoms with Gasteiger partial charge in [-0.3, -0.25) is 4.79 Å². The van der Waals surface area contributed by atoms with Crippen molar-refractivity contribution in [3.8, 4) is 11.5 Å². The predicted molar refractivity (Wildman–Crippen MR) is 101 cm³/mol. The van der Waals surface area contributed by atoms with E-state index in [1.807, 2.05) is 30.5 Å². The van der Waals surface area contributed by atoms with E-state index in [2.05, 4.69) is 5.32 Å². The van der Waals surface area contributed by atoms with Crippen molar-refractivity contribution >= 4 is 22.9 Å². The van der Waals surface area contributed by atoms with E-state index in [1.54, 1.807) is 31.4 Å². The summed E-state index contributed by atoms with van der Waals surface area (Å²) in [7, 11) is 1.60. The normalized spacial score (nSPS) is 10.4. The lowest BCUT2D eigenvalue weighted by Gasteiger charge is -2.07. The first kappa shape index (κ1) is 17.9. The number of aryl methyl sites for hydroxylation is 1. The molecule has 0 saturated heterocycles. The fourth-order valence-corrected chi connectivity index (χ4v) is 3.14. The molecule has 1 heterocycles. The minimum Gasteiger partial charge on any atom is -0.497 e. The van der Waals surface area contributed by atoms with Crippen LogP contribution in [0.3, 0.4) is 0 Å². The van der Waals surface area contributed by atoms with Crippen molar-refractivity contribution in [3.63, 3.8) is 0 Å². The van der Waals surface area contributed by atoms with Gasteiger partial charge in [-0.05, 0) is 48.2 Å². The topological polar surface area (TPSA) is 47.6 Å². The fourth-order valence-electron chi connectivity index (χ4n) is 2.35. The molecule has 0 fully saturated rings. The van der Waals surface area contributed by atoms with Crippen LogP contribution in [0.2, 0.25) is 0 Å². The molecule has 0 aliphatic carbocycles. The zero-order valence-corrected chi connectivity index (χ0v) is 15.2. The van der Waals surface area contributed by atoms with Crippen molar-refractivity contribution in [2.75, 3.05) is 12.4 Å².